The van der Waals surface area contributed by atoms with Crippen molar-refractivity contribution in [2.45, 2.75) is 45.1 Å². The van der Waals surface area contributed by atoms with E-state index >= 15 is 0 Å². The Labute approximate surface area is 197 Å². The van der Waals surface area contributed by atoms with Crippen LogP contribution >= 0.6 is 0 Å². The van der Waals surface area contributed by atoms with Crippen molar-refractivity contribution in [1.82, 2.24) is 5.32 Å². The molecule has 0 saturated heterocycles. The van der Waals surface area contributed by atoms with Gasteiger partial charge in [-0.1, -0.05) is 78.9 Å². The Hall–Kier alpha value is -3.40. The van der Waals surface area contributed by atoms with Gasteiger partial charge in [0.05, 0.1) is 12.5 Å². The first-order chi connectivity index (χ1) is 16.2. The van der Waals surface area contributed by atoms with Gasteiger partial charge in [-0.2, -0.15) is 0 Å². The second kappa shape index (κ2) is 13.2. The second-order valence-electron chi connectivity index (χ2n) is 8.21. The van der Waals surface area contributed by atoms with Gasteiger partial charge in [0, 0.05) is 11.6 Å². The van der Waals surface area contributed by atoms with Crippen molar-refractivity contribution in [3.05, 3.63) is 108 Å². The van der Waals surface area contributed by atoms with Crippen LogP contribution in [0.2, 0.25) is 0 Å². The van der Waals surface area contributed by atoms with Gasteiger partial charge in [0.15, 0.2) is 0 Å². The number of carbonyl (C=O) groups excluding carboxylic acids is 2. The maximum atomic E-state index is 13.0. The van der Waals surface area contributed by atoms with E-state index in [9.17, 15) is 9.59 Å². The Morgan fingerprint density at radius 1 is 0.758 bits per heavy atom. The van der Waals surface area contributed by atoms with Crippen LogP contribution in [0.25, 0.3) is 0 Å². The average molecular weight is 444 g/mol. The zero-order valence-electron chi connectivity index (χ0n) is 19.3. The molecule has 0 radical (unpaired) electrons. The zero-order chi connectivity index (χ0) is 23.3. The smallest absolute Gasteiger partial charge is 0.311 e. The van der Waals surface area contributed by atoms with Crippen LogP contribution in [0.3, 0.4) is 0 Å². The van der Waals surface area contributed by atoms with Crippen LogP contribution in [0.1, 0.15) is 47.7 Å². The Kier molecular flexibility index (Phi) is 9.71. The molecule has 1 amide bonds. The SMILES string of the molecule is CCOC(=O)[C@@H](CCCc1ccccc1)[C@@H](CCc1ccccc1)NC(=O)c1ccccc1. The normalized spacial score (nSPS) is 12.5. The Morgan fingerprint density at radius 2 is 1.30 bits per heavy atom. The van der Waals surface area contributed by atoms with Gasteiger partial charge in [-0.15, -0.1) is 0 Å². The molecule has 0 aromatic heterocycles. The van der Waals surface area contributed by atoms with Crippen LogP contribution in [0.4, 0.5) is 0 Å². The lowest BCUT2D eigenvalue weighted by atomic mass is 9.88. The molecule has 0 fully saturated rings. The largest absolute Gasteiger partial charge is 0.466 e. The molecule has 2 atom stereocenters. The number of carbonyl (C=O) groups is 2. The maximum Gasteiger partial charge on any atom is 0.311 e. The van der Waals surface area contributed by atoms with Gasteiger partial charge in [0.1, 0.15) is 0 Å². The molecule has 0 heterocycles. The average Bonchev–Trinajstić information content (AvgIpc) is 2.86. The standard InChI is InChI=1S/C29H33NO3/c1-2-33-29(32)26(20-12-17-23-13-6-3-7-14-23)27(22-21-24-15-8-4-9-16-24)30-28(31)25-18-10-5-11-19-25/h3-11,13-16,18-19,26-27H,2,12,17,20-22H2,1H3,(H,30,31)/t26-,27+/m0/s1. The summed E-state index contributed by atoms with van der Waals surface area (Å²) >= 11 is 0. The fourth-order valence-electron chi connectivity index (χ4n) is 4.09. The summed E-state index contributed by atoms with van der Waals surface area (Å²) < 4.78 is 5.44. The number of amides is 1. The lowest BCUT2D eigenvalue weighted by Gasteiger charge is -2.27. The van der Waals surface area contributed by atoms with E-state index in [1.54, 1.807) is 12.1 Å². The van der Waals surface area contributed by atoms with Crippen LogP contribution in [0, 0.1) is 5.92 Å². The molecule has 0 spiro atoms. The van der Waals surface area contributed by atoms with Crippen LogP contribution in [0.15, 0.2) is 91.0 Å². The van der Waals surface area contributed by atoms with Gasteiger partial charge in [0.2, 0.25) is 0 Å². The van der Waals surface area contributed by atoms with E-state index in [2.05, 4.69) is 29.6 Å². The molecule has 4 nitrogen and oxygen atoms in total. The highest BCUT2D eigenvalue weighted by Gasteiger charge is 2.30. The number of rotatable bonds is 12. The summed E-state index contributed by atoms with van der Waals surface area (Å²) in [6.07, 6.45) is 3.82. The second-order valence-corrected chi connectivity index (χ2v) is 8.21. The van der Waals surface area contributed by atoms with Crippen molar-refractivity contribution in [2.24, 2.45) is 5.92 Å². The van der Waals surface area contributed by atoms with E-state index in [0.29, 0.717) is 25.0 Å². The van der Waals surface area contributed by atoms with E-state index in [0.717, 1.165) is 19.3 Å². The summed E-state index contributed by atoms with van der Waals surface area (Å²) in [6.45, 7) is 2.15. The van der Waals surface area contributed by atoms with Crippen molar-refractivity contribution in [2.75, 3.05) is 6.61 Å². The summed E-state index contributed by atoms with van der Waals surface area (Å²) in [5.74, 6) is -0.798. The van der Waals surface area contributed by atoms with Crippen LogP contribution in [-0.4, -0.2) is 24.5 Å². The molecular formula is C29H33NO3. The molecule has 1 N–H and O–H groups in total. The predicted octanol–water partition coefficient (Wildman–Crippen LogP) is 5.62. The van der Waals surface area contributed by atoms with Crippen molar-refractivity contribution >= 4 is 11.9 Å². The first kappa shape index (κ1) is 24.2. The van der Waals surface area contributed by atoms with Gasteiger partial charge >= 0.3 is 5.97 Å². The fourth-order valence-corrected chi connectivity index (χ4v) is 4.09. The number of ether oxygens (including phenoxy) is 1. The van der Waals surface area contributed by atoms with Crippen LogP contribution in [0.5, 0.6) is 0 Å². The molecule has 0 saturated carbocycles. The first-order valence-corrected chi connectivity index (χ1v) is 11.8. The Bertz CT molecular complexity index is 974. The van der Waals surface area contributed by atoms with Gasteiger partial charge in [0.25, 0.3) is 5.91 Å². The van der Waals surface area contributed by atoms with E-state index in [1.807, 2.05) is 61.5 Å². The minimum Gasteiger partial charge on any atom is -0.466 e. The molecule has 4 heteroatoms. The minimum absolute atomic E-state index is 0.161. The topological polar surface area (TPSA) is 55.4 Å². The molecule has 33 heavy (non-hydrogen) atoms. The highest BCUT2D eigenvalue weighted by atomic mass is 16.5. The molecule has 172 valence electrons. The summed E-state index contributed by atoms with van der Waals surface area (Å²) in [5.41, 5.74) is 3.02. The fraction of sp³-hybridized carbons (Fsp3) is 0.310. The number of hydrogen-bond acceptors (Lipinski definition) is 3. The van der Waals surface area contributed by atoms with E-state index in [4.69, 9.17) is 4.74 Å². The summed E-state index contributed by atoms with van der Waals surface area (Å²) in [7, 11) is 0. The van der Waals surface area contributed by atoms with E-state index in [1.165, 1.54) is 11.1 Å². The first-order valence-electron chi connectivity index (χ1n) is 11.8. The van der Waals surface area contributed by atoms with Crippen molar-refractivity contribution in [1.29, 1.82) is 0 Å². The quantitative estimate of drug-likeness (QED) is 0.370. The van der Waals surface area contributed by atoms with Gasteiger partial charge in [-0.3, -0.25) is 9.59 Å². The molecule has 0 unspecified atom stereocenters. The molecule has 3 aromatic carbocycles. The zero-order valence-corrected chi connectivity index (χ0v) is 19.3. The number of hydrogen-bond donors (Lipinski definition) is 1. The molecule has 0 aliphatic carbocycles. The van der Waals surface area contributed by atoms with E-state index in [-0.39, 0.29) is 17.9 Å². The monoisotopic (exact) mass is 443 g/mol. The molecule has 0 aliphatic heterocycles. The highest BCUT2D eigenvalue weighted by molar-refractivity contribution is 5.94. The third-order valence-electron chi connectivity index (χ3n) is 5.84. The predicted molar refractivity (Wildman–Crippen MR) is 132 cm³/mol. The third kappa shape index (κ3) is 7.90. The number of aryl methyl sites for hydroxylation is 2. The molecule has 0 aliphatic rings. The van der Waals surface area contributed by atoms with Crippen molar-refractivity contribution in [3.63, 3.8) is 0 Å². The number of esters is 1. The molecule has 3 rings (SSSR count). The lowest BCUT2D eigenvalue weighted by Crippen LogP contribution is -2.44. The van der Waals surface area contributed by atoms with Gasteiger partial charge < -0.3 is 10.1 Å². The van der Waals surface area contributed by atoms with Crippen molar-refractivity contribution in [3.8, 4) is 0 Å². The van der Waals surface area contributed by atoms with Crippen molar-refractivity contribution < 1.29 is 14.3 Å². The van der Waals surface area contributed by atoms with Crippen LogP contribution in [-0.2, 0) is 22.4 Å². The summed E-state index contributed by atoms with van der Waals surface area (Å²) in [4.78, 5) is 26.0. The van der Waals surface area contributed by atoms with E-state index < -0.39 is 5.92 Å². The third-order valence-corrected chi connectivity index (χ3v) is 5.84. The summed E-state index contributed by atoms with van der Waals surface area (Å²) in [5, 5.41) is 3.15. The Balaban J connectivity index is 1.75. The summed E-state index contributed by atoms with van der Waals surface area (Å²) in [6, 6.07) is 29.3. The lowest BCUT2D eigenvalue weighted by molar-refractivity contribution is -0.149. The Morgan fingerprint density at radius 3 is 1.88 bits per heavy atom. The molecule has 0 bridgehead atoms. The molecular weight excluding hydrogens is 410 g/mol. The number of benzene rings is 3. The van der Waals surface area contributed by atoms with Gasteiger partial charge in [-0.05, 0) is 62.3 Å². The van der Waals surface area contributed by atoms with Crippen LogP contribution < -0.4 is 5.32 Å². The minimum atomic E-state index is -0.398. The maximum absolute atomic E-state index is 13.0. The molecule has 3 aromatic rings. The number of nitrogens with one attached hydrogen (secondary N) is 1. The van der Waals surface area contributed by atoms with Gasteiger partial charge in [-0.25, -0.2) is 0 Å². The highest BCUT2D eigenvalue weighted by Crippen LogP contribution is 2.21.